The summed E-state index contributed by atoms with van der Waals surface area (Å²) in [6.45, 7) is 8.65. The lowest BCUT2D eigenvalue weighted by Crippen LogP contribution is -2.54. The fraction of sp³-hybridized carbons (Fsp3) is 0.692. The Hall–Kier alpha value is -1.61. The van der Waals surface area contributed by atoms with Crippen molar-refractivity contribution in [2.24, 2.45) is 5.92 Å². The highest BCUT2D eigenvalue weighted by Gasteiger charge is 2.61. The first-order chi connectivity index (χ1) is 9.84. The average molecular weight is 333 g/mol. The van der Waals surface area contributed by atoms with Crippen LogP contribution in [0.4, 0.5) is 4.79 Å². The maximum atomic E-state index is 12.3. The van der Waals surface area contributed by atoms with E-state index in [0.717, 1.165) is 4.31 Å². The van der Waals surface area contributed by atoms with E-state index in [1.54, 1.807) is 20.8 Å². The Morgan fingerprint density at radius 1 is 1.36 bits per heavy atom. The number of rotatable bonds is 5. The normalized spacial score (nSPS) is 24.5. The third-order valence-electron chi connectivity index (χ3n) is 3.13. The molecule has 0 radical (unpaired) electrons. The quantitative estimate of drug-likeness (QED) is 0.708. The summed E-state index contributed by atoms with van der Waals surface area (Å²) in [7, 11) is -1.35. The number of nitrogens with zero attached hydrogens (tertiary/aromatic N) is 1. The highest BCUT2D eigenvalue weighted by atomic mass is 32.2. The number of hydrogen-bond acceptors (Lipinski definition) is 5. The number of hydrogen-bond donors (Lipinski definition) is 2. The van der Waals surface area contributed by atoms with E-state index in [4.69, 9.17) is 4.74 Å². The van der Waals surface area contributed by atoms with E-state index < -0.39 is 33.3 Å². The predicted octanol–water partition coefficient (Wildman–Crippen LogP) is 0.378. The third-order valence-corrected chi connectivity index (χ3v) is 4.54. The summed E-state index contributed by atoms with van der Waals surface area (Å²) < 4.78 is 31.4. The molecule has 0 aromatic rings. The number of amides is 2. The number of nitrogens with one attached hydrogen (secondary N) is 2. The van der Waals surface area contributed by atoms with Gasteiger partial charge >= 0.3 is 16.3 Å². The SMILES string of the molecule is C=C[C@@H]1C[C@]1(NC(=O)OC(C)(C)C)C(=O)NS(=O)(=O)N(C)C. The molecular weight excluding hydrogens is 310 g/mol. The van der Waals surface area contributed by atoms with E-state index >= 15 is 0 Å². The van der Waals surface area contributed by atoms with Crippen molar-refractivity contribution in [1.29, 1.82) is 0 Å². The average Bonchev–Trinajstić information content (AvgIpc) is 3.00. The lowest BCUT2D eigenvalue weighted by molar-refractivity contribution is -0.122. The summed E-state index contributed by atoms with van der Waals surface area (Å²) in [5.41, 5.74) is -2.07. The Kier molecular flexibility index (Phi) is 4.93. The fourth-order valence-electron chi connectivity index (χ4n) is 1.82. The van der Waals surface area contributed by atoms with Crippen molar-refractivity contribution in [3.63, 3.8) is 0 Å². The van der Waals surface area contributed by atoms with Gasteiger partial charge < -0.3 is 10.1 Å². The van der Waals surface area contributed by atoms with Crippen LogP contribution in [0.15, 0.2) is 12.7 Å². The van der Waals surface area contributed by atoms with Gasteiger partial charge in [-0.2, -0.15) is 12.7 Å². The molecule has 0 unspecified atom stereocenters. The summed E-state index contributed by atoms with van der Waals surface area (Å²) in [5.74, 6) is -1.16. The van der Waals surface area contributed by atoms with Gasteiger partial charge in [-0.3, -0.25) is 4.79 Å². The van der Waals surface area contributed by atoms with Crippen LogP contribution in [-0.2, 0) is 19.7 Å². The van der Waals surface area contributed by atoms with E-state index in [1.165, 1.54) is 20.2 Å². The van der Waals surface area contributed by atoms with Gasteiger partial charge in [0, 0.05) is 20.0 Å². The van der Waals surface area contributed by atoms with Crippen molar-refractivity contribution in [1.82, 2.24) is 14.3 Å². The van der Waals surface area contributed by atoms with Crippen molar-refractivity contribution >= 4 is 22.2 Å². The zero-order valence-corrected chi connectivity index (χ0v) is 14.3. The first-order valence-corrected chi connectivity index (χ1v) is 8.16. The molecular formula is C13H23N3O5S. The molecule has 1 rings (SSSR count). The molecule has 1 aliphatic carbocycles. The van der Waals surface area contributed by atoms with Crippen LogP contribution >= 0.6 is 0 Å². The van der Waals surface area contributed by atoms with Crippen LogP contribution in [0.1, 0.15) is 27.2 Å². The van der Waals surface area contributed by atoms with Gasteiger partial charge in [0.1, 0.15) is 11.1 Å². The van der Waals surface area contributed by atoms with Crippen molar-refractivity contribution in [3.05, 3.63) is 12.7 Å². The second kappa shape index (κ2) is 5.88. The number of carbonyl (C=O) groups is 2. The molecule has 1 fully saturated rings. The van der Waals surface area contributed by atoms with Crippen molar-refractivity contribution in [3.8, 4) is 0 Å². The highest BCUT2D eigenvalue weighted by molar-refractivity contribution is 7.87. The molecule has 126 valence electrons. The van der Waals surface area contributed by atoms with Gasteiger partial charge in [-0.1, -0.05) is 6.08 Å². The topological polar surface area (TPSA) is 105 Å². The molecule has 8 nitrogen and oxygen atoms in total. The second-order valence-corrected chi connectivity index (χ2v) is 8.25. The zero-order chi connectivity index (χ0) is 17.3. The van der Waals surface area contributed by atoms with Crippen LogP contribution in [0.3, 0.4) is 0 Å². The molecule has 0 aromatic heterocycles. The molecule has 2 amide bonds. The van der Waals surface area contributed by atoms with Crippen LogP contribution in [0, 0.1) is 5.92 Å². The Morgan fingerprint density at radius 3 is 2.27 bits per heavy atom. The lowest BCUT2D eigenvalue weighted by atomic mass is 10.2. The maximum Gasteiger partial charge on any atom is 0.408 e. The molecule has 0 saturated heterocycles. The zero-order valence-electron chi connectivity index (χ0n) is 13.5. The monoisotopic (exact) mass is 333 g/mol. The minimum atomic E-state index is -3.94. The van der Waals surface area contributed by atoms with Crippen LogP contribution < -0.4 is 10.0 Å². The molecule has 0 bridgehead atoms. The smallest absolute Gasteiger partial charge is 0.408 e. The van der Waals surface area contributed by atoms with E-state index in [9.17, 15) is 18.0 Å². The molecule has 9 heteroatoms. The Labute approximate surface area is 131 Å². The second-order valence-electron chi connectivity index (χ2n) is 6.36. The summed E-state index contributed by atoms with van der Waals surface area (Å²) in [6, 6.07) is 0. The summed E-state index contributed by atoms with van der Waals surface area (Å²) in [6.07, 6.45) is 0.985. The molecule has 0 spiro atoms. The van der Waals surface area contributed by atoms with Crippen LogP contribution in [0.2, 0.25) is 0 Å². The van der Waals surface area contributed by atoms with E-state index in [0.29, 0.717) is 0 Å². The van der Waals surface area contributed by atoms with Gasteiger partial charge in [0.25, 0.3) is 5.91 Å². The molecule has 1 aliphatic rings. The molecule has 2 N–H and O–H groups in total. The lowest BCUT2D eigenvalue weighted by Gasteiger charge is -2.24. The third kappa shape index (κ3) is 4.20. The van der Waals surface area contributed by atoms with Gasteiger partial charge in [0.05, 0.1) is 0 Å². The van der Waals surface area contributed by atoms with Gasteiger partial charge in [-0.25, -0.2) is 9.52 Å². The van der Waals surface area contributed by atoms with E-state index in [-0.39, 0.29) is 12.3 Å². The number of alkyl carbamates (subject to hydrolysis) is 1. The predicted molar refractivity (Wildman–Crippen MR) is 81.2 cm³/mol. The van der Waals surface area contributed by atoms with Crippen LogP contribution in [0.5, 0.6) is 0 Å². The molecule has 0 aromatic carbocycles. The van der Waals surface area contributed by atoms with E-state index in [1.807, 2.05) is 4.72 Å². The van der Waals surface area contributed by atoms with Gasteiger partial charge in [-0.15, -0.1) is 6.58 Å². The van der Waals surface area contributed by atoms with Gasteiger partial charge in [-0.05, 0) is 27.2 Å². The molecule has 1 saturated carbocycles. The highest BCUT2D eigenvalue weighted by Crippen LogP contribution is 2.44. The summed E-state index contributed by atoms with van der Waals surface area (Å²) >= 11 is 0. The summed E-state index contributed by atoms with van der Waals surface area (Å²) in [4.78, 5) is 24.2. The van der Waals surface area contributed by atoms with Crippen LogP contribution in [-0.4, -0.2) is 50.0 Å². The standard InChI is InChI=1S/C13H23N3O5S/c1-7-9-8-13(9,14-11(18)21-12(2,3)4)10(17)15-22(19,20)16(5)6/h7,9H,1,8H2,2-6H3,(H,14,18)(H,15,17)/t9-,13-/m1/s1. The van der Waals surface area contributed by atoms with Gasteiger partial charge in [0.15, 0.2) is 0 Å². The van der Waals surface area contributed by atoms with Crippen molar-refractivity contribution < 1.29 is 22.7 Å². The van der Waals surface area contributed by atoms with Crippen LogP contribution in [0.25, 0.3) is 0 Å². The first kappa shape index (κ1) is 18.4. The molecule has 22 heavy (non-hydrogen) atoms. The summed E-state index contributed by atoms with van der Waals surface area (Å²) in [5, 5.41) is 2.46. The fourth-order valence-corrected chi connectivity index (χ4v) is 2.42. The molecule has 0 heterocycles. The largest absolute Gasteiger partial charge is 0.444 e. The minimum Gasteiger partial charge on any atom is -0.444 e. The van der Waals surface area contributed by atoms with Crippen molar-refractivity contribution in [2.75, 3.05) is 14.1 Å². The van der Waals surface area contributed by atoms with Crippen molar-refractivity contribution in [2.45, 2.75) is 38.3 Å². The number of ether oxygens (including phenoxy) is 1. The Bertz CT molecular complexity index is 579. The Morgan fingerprint density at radius 2 is 1.91 bits per heavy atom. The molecule has 2 atom stereocenters. The first-order valence-electron chi connectivity index (χ1n) is 6.72. The van der Waals surface area contributed by atoms with E-state index in [2.05, 4.69) is 11.9 Å². The minimum absolute atomic E-state index is 0.268. The Balaban J connectivity index is 2.88. The van der Waals surface area contributed by atoms with Gasteiger partial charge in [0.2, 0.25) is 0 Å². The molecule has 0 aliphatic heterocycles. The maximum absolute atomic E-state index is 12.3. The number of carbonyl (C=O) groups excluding carboxylic acids is 2.